The third-order valence-electron chi connectivity index (χ3n) is 5.42. The predicted molar refractivity (Wildman–Crippen MR) is 132 cm³/mol. The Hall–Kier alpha value is -3.78. The fourth-order valence-electron chi connectivity index (χ4n) is 3.55. The molecule has 166 valence electrons. The Labute approximate surface area is 188 Å². The van der Waals surface area contributed by atoms with Crippen LogP contribution in [0.1, 0.15) is 0 Å². The molecule has 4 rings (SSSR count). The third kappa shape index (κ3) is 4.45. The summed E-state index contributed by atoms with van der Waals surface area (Å²) in [6.45, 7) is 1.88. The number of anilines is 4. The molecule has 2 heterocycles. The number of para-hydroxylation sites is 1. The zero-order valence-corrected chi connectivity index (χ0v) is 18.9. The van der Waals surface area contributed by atoms with Crippen molar-refractivity contribution in [2.24, 2.45) is 0 Å². The molecule has 0 spiro atoms. The van der Waals surface area contributed by atoms with E-state index >= 15 is 0 Å². The first-order valence-electron chi connectivity index (χ1n) is 10.5. The van der Waals surface area contributed by atoms with E-state index in [4.69, 9.17) is 15.5 Å². The fourth-order valence-corrected chi connectivity index (χ4v) is 3.55. The van der Waals surface area contributed by atoms with Crippen LogP contribution < -0.4 is 20.7 Å². The number of aromatic amines is 1. The number of benzene rings is 2. The first kappa shape index (κ1) is 21.5. The molecule has 0 saturated heterocycles. The molecule has 0 fully saturated rings. The highest BCUT2D eigenvalue weighted by Crippen LogP contribution is 2.34. The number of nitrogens with zero attached hydrogens (tertiary/aromatic N) is 4. The molecule has 0 aliphatic carbocycles. The minimum atomic E-state index is 0.450. The van der Waals surface area contributed by atoms with Gasteiger partial charge < -0.3 is 30.6 Å². The molecule has 32 heavy (non-hydrogen) atoms. The summed E-state index contributed by atoms with van der Waals surface area (Å²) in [5, 5.41) is 4.34. The molecule has 8 nitrogen and oxygen atoms in total. The van der Waals surface area contributed by atoms with Gasteiger partial charge in [-0.1, -0.05) is 18.2 Å². The van der Waals surface area contributed by atoms with Crippen LogP contribution in [0, 0.1) is 0 Å². The lowest BCUT2D eigenvalue weighted by molar-refractivity contribution is 0.413. The number of rotatable bonds is 8. The number of aromatic nitrogens is 3. The van der Waals surface area contributed by atoms with Crippen molar-refractivity contribution in [2.45, 2.75) is 0 Å². The first-order valence-corrected chi connectivity index (χ1v) is 10.5. The van der Waals surface area contributed by atoms with Gasteiger partial charge in [-0.05, 0) is 32.3 Å². The maximum Gasteiger partial charge on any atom is 0.227 e. The van der Waals surface area contributed by atoms with Crippen LogP contribution in [0.25, 0.3) is 22.2 Å². The number of likely N-dealkylation sites (N-methyl/N-ethyl adjacent to an activating group) is 2. The second-order valence-corrected chi connectivity index (χ2v) is 7.98. The van der Waals surface area contributed by atoms with Gasteiger partial charge in [-0.3, -0.25) is 0 Å². The third-order valence-corrected chi connectivity index (χ3v) is 5.42. The van der Waals surface area contributed by atoms with Crippen molar-refractivity contribution in [1.82, 2.24) is 19.9 Å². The molecule has 8 heteroatoms. The molecule has 4 N–H and O–H groups in total. The van der Waals surface area contributed by atoms with E-state index < -0.39 is 0 Å². The normalized spacial score (nSPS) is 11.2. The van der Waals surface area contributed by atoms with Crippen LogP contribution in [-0.2, 0) is 0 Å². The lowest BCUT2D eigenvalue weighted by atomic mass is 10.1. The van der Waals surface area contributed by atoms with Gasteiger partial charge in [0.25, 0.3) is 0 Å². The Kier molecular flexibility index (Phi) is 6.13. The molecule has 0 aliphatic rings. The highest BCUT2D eigenvalue weighted by Gasteiger charge is 2.14. The number of ether oxygens (including phenoxy) is 1. The molecule has 0 amide bonds. The second kappa shape index (κ2) is 9.15. The molecular formula is C24H29N7O. The van der Waals surface area contributed by atoms with E-state index in [9.17, 15) is 0 Å². The van der Waals surface area contributed by atoms with Crippen molar-refractivity contribution in [3.05, 3.63) is 54.9 Å². The monoisotopic (exact) mass is 431 g/mol. The second-order valence-electron chi connectivity index (χ2n) is 7.98. The SMILES string of the molecule is COc1cc(N(C)CCN(C)C)ccc1Nc1ncc(N)c(-c2c[nH]c3ccccc23)n1. The van der Waals surface area contributed by atoms with E-state index in [1.165, 1.54) is 0 Å². The summed E-state index contributed by atoms with van der Waals surface area (Å²) < 4.78 is 5.63. The highest BCUT2D eigenvalue weighted by molar-refractivity contribution is 5.97. The van der Waals surface area contributed by atoms with E-state index in [-0.39, 0.29) is 0 Å². The summed E-state index contributed by atoms with van der Waals surface area (Å²) in [5.74, 6) is 1.17. The Balaban J connectivity index is 1.61. The Morgan fingerprint density at radius 1 is 1.09 bits per heavy atom. The van der Waals surface area contributed by atoms with Crippen molar-refractivity contribution in [2.75, 3.05) is 57.3 Å². The smallest absolute Gasteiger partial charge is 0.227 e. The maximum absolute atomic E-state index is 6.22. The molecule has 0 aliphatic heterocycles. The standard InChI is InChI=1S/C24H29N7O/c1-30(2)11-12-31(3)16-9-10-21(22(13-16)32-4)28-24-27-15-19(25)23(29-24)18-14-26-20-8-6-5-7-17(18)20/h5-10,13-15,26H,11-12,25H2,1-4H3,(H,27,28,29). The number of fused-ring (bicyclic) bond motifs is 1. The van der Waals surface area contributed by atoms with Gasteiger partial charge in [-0.2, -0.15) is 0 Å². The van der Waals surface area contributed by atoms with Gasteiger partial charge in [-0.15, -0.1) is 0 Å². The zero-order valence-electron chi connectivity index (χ0n) is 18.9. The zero-order chi connectivity index (χ0) is 22.7. The minimum absolute atomic E-state index is 0.450. The molecule has 0 bridgehead atoms. The van der Waals surface area contributed by atoms with Crippen molar-refractivity contribution >= 4 is 33.9 Å². The summed E-state index contributed by atoms with van der Waals surface area (Å²) >= 11 is 0. The van der Waals surface area contributed by atoms with Gasteiger partial charge in [0, 0.05) is 54.6 Å². The lowest BCUT2D eigenvalue weighted by Gasteiger charge is -2.23. The van der Waals surface area contributed by atoms with Crippen LogP contribution in [0.3, 0.4) is 0 Å². The summed E-state index contributed by atoms with van der Waals surface area (Å²) in [4.78, 5) is 16.7. The van der Waals surface area contributed by atoms with Crippen molar-refractivity contribution in [3.63, 3.8) is 0 Å². The molecule has 2 aromatic carbocycles. The summed E-state index contributed by atoms with van der Waals surface area (Å²) in [5.41, 5.74) is 11.3. The highest BCUT2D eigenvalue weighted by atomic mass is 16.5. The number of nitrogen functional groups attached to an aromatic ring is 1. The number of nitrogens with two attached hydrogens (primary N) is 1. The van der Waals surface area contributed by atoms with Gasteiger partial charge in [0.2, 0.25) is 5.95 Å². The van der Waals surface area contributed by atoms with E-state index in [2.05, 4.69) is 52.3 Å². The minimum Gasteiger partial charge on any atom is -0.494 e. The lowest BCUT2D eigenvalue weighted by Crippen LogP contribution is -2.28. The van der Waals surface area contributed by atoms with Gasteiger partial charge >= 0.3 is 0 Å². The van der Waals surface area contributed by atoms with E-state index in [0.29, 0.717) is 23.1 Å². The topological polar surface area (TPSA) is 95.3 Å². The maximum atomic E-state index is 6.22. The van der Waals surface area contributed by atoms with Gasteiger partial charge in [0.05, 0.1) is 24.7 Å². The van der Waals surface area contributed by atoms with Gasteiger partial charge in [0.15, 0.2) is 0 Å². The Morgan fingerprint density at radius 2 is 1.91 bits per heavy atom. The van der Waals surface area contributed by atoms with Crippen molar-refractivity contribution in [1.29, 1.82) is 0 Å². The number of methoxy groups -OCH3 is 1. The molecule has 0 atom stereocenters. The summed E-state index contributed by atoms with van der Waals surface area (Å²) in [7, 11) is 7.87. The molecule has 0 saturated carbocycles. The summed E-state index contributed by atoms with van der Waals surface area (Å²) in [6, 6.07) is 14.1. The number of H-pyrrole nitrogens is 1. The van der Waals surface area contributed by atoms with Gasteiger partial charge in [-0.25, -0.2) is 9.97 Å². The molecular weight excluding hydrogens is 402 g/mol. The van der Waals surface area contributed by atoms with Crippen molar-refractivity contribution in [3.8, 4) is 17.0 Å². The quantitative estimate of drug-likeness (QED) is 0.389. The van der Waals surface area contributed by atoms with Gasteiger partial charge in [0.1, 0.15) is 11.4 Å². The molecule has 0 radical (unpaired) electrons. The van der Waals surface area contributed by atoms with E-state index in [1.807, 2.05) is 42.6 Å². The average molecular weight is 432 g/mol. The van der Waals surface area contributed by atoms with Crippen LogP contribution in [0.15, 0.2) is 54.9 Å². The fraction of sp³-hybridized carbons (Fsp3) is 0.250. The van der Waals surface area contributed by atoms with Crippen molar-refractivity contribution < 1.29 is 4.74 Å². The van der Waals surface area contributed by atoms with E-state index in [1.54, 1.807) is 13.3 Å². The Morgan fingerprint density at radius 3 is 2.69 bits per heavy atom. The Bertz CT molecular complexity index is 1220. The number of hydrogen-bond acceptors (Lipinski definition) is 7. The van der Waals surface area contributed by atoms with Crippen LogP contribution in [0.2, 0.25) is 0 Å². The van der Waals surface area contributed by atoms with E-state index in [0.717, 1.165) is 40.9 Å². The van der Waals surface area contributed by atoms with Crippen LogP contribution >= 0.6 is 0 Å². The number of nitrogens with one attached hydrogen (secondary N) is 2. The van der Waals surface area contributed by atoms with Crippen LogP contribution in [0.5, 0.6) is 5.75 Å². The largest absolute Gasteiger partial charge is 0.494 e. The van der Waals surface area contributed by atoms with Crippen LogP contribution in [0.4, 0.5) is 23.0 Å². The first-order chi connectivity index (χ1) is 15.5. The average Bonchev–Trinajstić information content (AvgIpc) is 3.23. The summed E-state index contributed by atoms with van der Waals surface area (Å²) in [6.07, 6.45) is 3.55. The molecule has 4 aromatic rings. The predicted octanol–water partition coefficient (Wildman–Crippen LogP) is 3.96. The number of hydrogen-bond donors (Lipinski definition) is 3. The van der Waals surface area contributed by atoms with Crippen LogP contribution in [-0.4, -0.2) is 61.2 Å². The molecule has 2 aromatic heterocycles. The molecule has 0 unspecified atom stereocenters.